The fourth-order valence-electron chi connectivity index (χ4n) is 1.03. The third-order valence-corrected chi connectivity index (χ3v) is 1.97. The highest BCUT2D eigenvalue weighted by atomic mass is 35.5. The zero-order valence-electron chi connectivity index (χ0n) is 9.24. The molecule has 0 saturated heterocycles. The Hall–Kier alpha value is -1.14. The minimum atomic E-state index is 0.0851. The first-order chi connectivity index (χ1) is 7.72. The number of halogens is 1. The minimum Gasteiger partial charge on any atom is -0.380 e. The molecule has 0 aromatic carbocycles. The summed E-state index contributed by atoms with van der Waals surface area (Å²) in [4.78, 5) is 11.4. The van der Waals surface area contributed by atoms with Crippen molar-refractivity contribution in [2.24, 2.45) is 0 Å². The predicted molar refractivity (Wildman–Crippen MR) is 63.5 cm³/mol. The van der Waals surface area contributed by atoms with Crippen molar-refractivity contribution in [3.05, 3.63) is 5.28 Å². The van der Waals surface area contributed by atoms with Crippen LogP contribution in [0.25, 0.3) is 0 Å². The van der Waals surface area contributed by atoms with E-state index in [0.29, 0.717) is 19.1 Å². The molecule has 1 aromatic heterocycles. The first-order valence-electron chi connectivity index (χ1n) is 5.21. The summed E-state index contributed by atoms with van der Waals surface area (Å²) >= 11 is 5.62. The van der Waals surface area contributed by atoms with Gasteiger partial charge in [0, 0.05) is 13.2 Å². The second-order valence-electron chi connectivity index (χ2n) is 3.18. The summed E-state index contributed by atoms with van der Waals surface area (Å²) in [5.74, 6) is 0.478. The predicted octanol–water partition coefficient (Wildman–Crippen LogP) is 1.34. The summed E-state index contributed by atoms with van der Waals surface area (Å²) in [7, 11) is 0. The van der Waals surface area contributed by atoms with Crippen LogP contribution in [0, 0.1) is 0 Å². The number of nitrogens with zero attached hydrogens (tertiary/aromatic N) is 3. The van der Waals surface area contributed by atoms with Crippen molar-refractivity contribution < 1.29 is 4.74 Å². The smallest absolute Gasteiger partial charge is 0.228 e. The molecule has 1 aromatic rings. The molecule has 1 rings (SSSR count). The third kappa shape index (κ3) is 5.09. The SMILES string of the molecule is CCCCOCCNc1nc(N)nc(Cl)n1. The van der Waals surface area contributed by atoms with Crippen LogP contribution in [0.2, 0.25) is 5.28 Å². The molecule has 90 valence electrons. The van der Waals surface area contributed by atoms with Gasteiger partial charge in [-0.05, 0) is 18.0 Å². The van der Waals surface area contributed by atoms with Crippen molar-refractivity contribution in [2.45, 2.75) is 19.8 Å². The van der Waals surface area contributed by atoms with Gasteiger partial charge in [-0.3, -0.25) is 0 Å². The molecule has 0 unspecified atom stereocenters. The highest BCUT2D eigenvalue weighted by Gasteiger charge is 2.00. The second kappa shape index (κ2) is 7.19. The maximum Gasteiger partial charge on any atom is 0.228 e. The molecular formula is C9H16ClN5O. The largest absolute Gasteiger partial charge is 0.380 e. The molecule has 1 heterocycles. The number of rotatable bonds is 7. The van der Waals surface area contributed by atoms with Crippen LogP contribution in [0.1, 0.15) is 19.8 Å². The molecule has 0 saturated carbocycles. The second-order valence-corrected chi connectivity index (χ2v) is 3.52. The van der Waals surface area contributed by atoms with Gasteiger partial charge in [-0.2, -0.15) is 15.0 Å². The zero-order chi connectivity index (χ0) is 11.8. The molecule has 3 N–H and O–H groups in total. The van der Waals surface area contributed by atoms with E-state index >= 15 is 0 Å². The average molecular weight is 246 g/mol. The summed E-state index contributed by atoms with van der Waals surface area (Å²) in [6.07, 6.45) is 2.21. The summed E-state index contributed by atoms with van der Waals surface area (Å²) < 4.78 is 5.36. The molecule has 16 heavy (non-hydrogen) atoms. The Labute approximate surface area is 99.6 Å². The van der Waals surface area contributed by atoms with E-state index in [1.807, 2.05) is 0 Å². The fourth-order valence-corrected chi connectivity index (χ4v) is 1.19. The van der Waals surface area contributed by atoms with Crippen molar-refractivity contribution in [3.8, 4) is 0 Å². The van der Waals surface area contributed by atoms with Gasteiger partial charge in [0.05, 0.1) is 6.61 Å². The van der Waals surface area contributed by atoms with Gasteiger partial charge in [-0.25, -0.2) is 0 Å². The number of unbranched alkanes of at least 4 members (excludes halogenated alkanes) is 1. The summed E-state index contributed by atoms with van der Waals surface area (Å²) in [6, 6.07) is 0. The minimum absolute atomic E-state index is 0.0851. The van der Waals surface area contributed by atoms with E-state index < -0.39 is 0 Å². The van der Waals surface area contributed by atoms with Crippen LogP contribution >= 0.6 is 11.6 Å². The van der Waals surface area contributed by atoms with Crippen LogP contribution in [-0.4, -0.2) is 34.7 Å². The first-order valence-corrected chi connectivity index (χ1v) is 5.59. The van der Waals surface area contributed by atoms with Crippen LogP contribution in [0.4, 0.5) is 11.9 Å². The highest BCUT2D eigenvalue weighted by molar-refractivity contribution is 6.28. The number of hydrogen-bond acceptors (Lipinski definition) is 6. The van der Waals surface area contributed by atoms with Crippen molar-refractivity contribution in [1.29, 1.82) is 0 Å². The fraction of sp³-hybridized carbons (Fsp3) is 0.667. The molecule has 0 aliphatic heterocycles. The number of aromatic nitrogens is 3. The van der Waals surface area contributed by atoms with Gasteiger partial charge in [0.25, 0.3) is 0 Å². The zero-order valence-corrected chi connectivity index (χ0v) is 10.00. The van der Waals surface area contributed by atoms with Gasteiger partial charge < -0.3 is 15.8 Å². The summed E-state index contributed by atoms with van der Waals surface area (Å²) in [5, 5.41) is 3.04. The van der Waals surface area contributed by atoms with Crippen molar-refractivity contribution in [1.82, 2.24) is 15.0 Å². The molecule has 0 bridgehead atoms. The Morgan fingerprint density at radius 1 is 1.31 bits per heavy atom. The molecule has 0 fully saturated rings. The third-order valence-electron chi connectivity index (χ3n) is 1.80. The molecule has 0 aliphatic carbocycles. The van der Waals surface area contributed by atoms with Crippen molar-refractivity contribution in [3.63, 3.8) is 0 Å². The standard InChI is InChI=1S/C9H16ClN5O/c1-2-3-5-16-6-4-12-9-14-7(10)13-8(11)15-9/h2-6H2,1H3,(H3,11,12,13,14,15). The van der Waals surface area contributed by atoms with Gasteiger partial charge in [-0.1, -0.05) is 13.3 Å². The van der Waals surface area contributed by atoms with E-state index in [0.717, 1.165) is 19.4 Å². The number of ether oxygens (including phenoxy) is 1. The number of nitrogens with one attached hydrogen (secondary N) is 1. The molecule has 0 atom stereocenters. The lowest BCUT2D eigenvalue weighted by molar-refractivity contribution is 0.141. The maximum absolute atomic E-state index is 5.62. The highest BCUT2D eigenvalue weighted by Crippen LogP contribution is 2.06. The Bertz CT molecular complexity index is 303. The summed E-state index contributed by atoms with van der Waals surface area (Å²) in [5.41, 5.74) is 5.41. The molecular weight excluding hydrogens is 230 g/mol. The van der Waals surface area contributed by atoms with Gasteiger partial charge >= 0.3 is 0 Å². The quantitative estimate of drug-likeness (QED) is 0.705. The van der Waals surface area contributed by atoms with E-state index in [9.17, 15) is 0 Å². The van der Waals surface area contributed by atoms with Gasteiger partial charge in [0.2, 0.25) is 17.2 Å². The molecule has 0 spiro atoms. The first kappa shape index (κ1) is 12.9. The van der Waals surface area contributed by atoms with Crippen molar-refractivity contribution in [2.75, 3.05) is 30.8 Å². The lowest BCUT2D eigenvalue weighted by Crippen LogP contribution is -2.13. The Morgan fingerprint density at radius 3 is 2.81 bits per heavy atom. The van der Waals surface area contributed by atoms with Crippen LogP contribution in [-0.2, 0) is 4.74 Å². The topological polar surface area (TPSA) is 86.0 Å². The Balaban J connectivity index is 2.21. The van der Waals surface area contributed by atoms with Gasteiger partial charge in [0.15, 0.2) is 0 Å². The van der Waals surface area contributed by atoms with Gasteiger partial charge in [0.1, 0.15) is 0 Å². The number of hydrogen-bond donors (Lipinski definition) is 2. The van der Waals surface area contributed by atoms with E-state index in [-0.39, 0.29) is 11.2 Å². The molecule has 0 aliphatic rings. The van der Waals surface area contributed by atoms with Crippen LogP contribution < -0.4 is 11.1 Å². The Morgan fingerprint density at radius 2 is 2.12 bits per heavy atom. The van der Waals surface area contributed by atoms with Crippen LogP contribution in [0.5, 0.6) is 0 Å². The molecule has 7 heteroatoms. The Kier molecular flexibility index (Phi) is 5.81. The average Bonchev–Trinajstić information content (AvgIpc) is 2.22. The van der Waals surface area contributed by atoms with E-state index in [2.05, 4.69) is 27.2 Å². The number of anilines is 2. The normalized spacial score (nSPS) is 10.4. The van der Waals surface area contributed by atoms with Crippen molar-refractivity contribution >= 4 is 23.5 Å². The van der Waals surface area contributed by atoms with Crippen LogP contribution in [0.3, 0.4) is 0 Å². The molecule has 0 amide bonds. The number of nitrogen functional groups attached to an aromatic ring is 1. The monoisotopic (exact) mass is 245 g/mol. The van der Waals surface area contributed by atoms with Crippen LogP contribution in [0.15, 0.2) is 0 Å². The number of nitrogens with two attached hydrogens (primary N) is 1. The lowest BCUT2D eigenvalue weighted by Gasteiger charge is -2.05. The maximum atomic E-state index is 5.62. The molecule has 6 nitrogen and oxygen atoms in total. The van der Waals surface area contributed by atoms with E-state index in [4.69, 9.17) is 22.1 Å². The van der Waals surface area contributed by atoms with E-state index in [1.165, 1.54) is 0 Å². The lowest BCUT2D eigenvalue weighted by atomic mass is 10.4. The van der Waals surface area contributed by atoms with Gasteiger partial charge in [-0.15, -0.1) is 0 Å². The summed E-state index contributed by atoms with van der Waals surface area (Å²) in [6.45, 7) is 4.11. The molecule has 0 radical (unpaired) electrons. The van der Waals surface area contributed by atoms with E-state index in [1.54, 1.807) is 0 Å².